The van der Waals surface area contributed by atoms with Crippen LogP contribution in [0, 0.1) is 0 Å². The number of hydrogen-bond donors (Lipinski definition) is 0. The highest BCUT2D eigenvalue weighted by molar-refractivity contribution is 7.99. The number of hydrogen-bond acceptors (Lipinski definition) is 4. The summed E-state index contributed by atoms with van der Waals surface area (Å²) in [6, 6.07) is 25.6. The molecule has 0 unspecified atom stereocenters. The molecule has 0 N–H and O–H groups in total. The van der Waals surface area contributed by atoms with Crippen LogP contribution in [0.4, 0.5) is 0 Å². The van der Waals surface area contributed by atoms with Gasteiger partial charge in [-0.3, -0.25) is 4.68 Å². The van der Waals surface area contributed by atoms with Crippen molar-refractivity contribution in [3.63, 3.8) is 0 Å². The van der Waals surface area contributed by atoms with Gasteiger partial charge in [-0.25, -0.2) is 0 Å². The maximum atomic E-state index is 6.23. The molecule has 0 fully saturated rings. The molecule has 0 aliphatic carbocycles. The third-order valence-electron chi connectivity index (χ3n) is 4.54. The van der Waals surface area contributed by atoms with Crippen molar-refractivity contribution in [3.8, 4) is 11.3 Å². The number of nitrogens with zero attached hydrogens (tertiary/aromatic N) is 3. The van der Waals surface area contributed by atoms with Gasteiger partial charge < -0.3 is 4.84 Å². The van der Waals surface area contributed by atoms with E-state index >= 15 is 0 Å². The van der Waals surface area contributed by atoms with Gasteiger partial charge in [-0.15, -0.1) is 0 Å². The molecule has 0 aliphatic heterocycles. The predicted molar refractivity (Wildman–Crippen MR) is 128 cm³/mol. The van der Waals surface area contributed by atoms with E-state index in [1.54, 1.807) is 24.0 Å². The van der Waals surface area contributed by atoms with Gasteiger partial charge in [0.05, 0.1) is 21.8 Å². The lowest BCUT2D eigenvalue weighted by molar-refractivity contribution is 0.132. The molecule has 4 rings (SSSR count). The van der Waals surface area contributed by atoms with E-state index in [9.17, 15) is 0 Å². The lowest BCUT2D eigenvalue weighted by Gasteiger charge is -2.05. The predicted octanol–water partition coefficient (Wildman–Crippen LogP) is 7.10. The number of aromatic nitrogens is 2. The molecule has 3 aromatic carbocycles. The minimum atomic E-state index is 0.220. The van der Waals surface area contributed by atoms with E-state index in [1.165, 1.54) is 0 Å². The monoisotopic (exact) mass is 467 g/mol. The maximum absolute atomic E-state index is 6.23. The summed E-state index contributed by atoms with van der Waals surface area (Å²) in [6.07, 6.45) is 1.71. The van der Waals surface area contributed by atoms with Crippen molar-refractivity contribution < 1.29 is 4.84 Å². The molecule has 0 atom stereocenters. The Bertz CT molecular complexity index is 1190. The minimum absolute atomic E-state index is 0.220. The van der Waals surface area contributed by atoms with Gasteiger partial charge in [0.15, 0.2) is 0 Å². The van der Waals surface area contributed by atoms with E-state index in [0.717, 1.165) is 32.3 Å². The largest absolute Gasteiger partial charge is 0.391 e. The summed E-state index contributed by atoms with van der Waals surface area (Å²) in [5.41, 5.74) is 3.52. The molecule has 0 aliphatic rings. The molecule has 31 heavy (non-hydrogen) atoms. The average molecular weight is 468 g/mol. The summed E-state index contributed by atoms with van der Waals surface area (Å²) in [5.74, 6) is 0. The van der Waals surface area contributed by atoms with Gasteiger partial charge in [0, 0.05) is 23.1 Å². The molecule has 0 spiro atoms. The van der Waals surface area contributed by atoms with Crippen molar-refractivity contribution in [1.29, 1.82) is 0 Å². The molecule has 0 saturated carbocycles. The van der Waals surface area contributed by atoms with Crippen LogP contribution < -0.4 is 0 Å². The number of oxime groups is 1. The molecule has 0 saturated heterocycles. The highest BCUT2D eigenvalue weighted by atomic mass is 35.5. The van der Waals surface area contributed by atoms with Crippen LogP contribution in [0.5, 0.6) is 0 Å². The molecule has 1 heterocycles. The van der Waals surface area contributed by atoms with Gasteiger partial charge >= 0.3 is 0 Å². The molecule has 0 bridgehead atoms. The molecular formula is C24H19Cl2N3OS. The van der Waals surface area contributed by atoms with Crippen LogP contribution in [0.15, 0.2) is 93.9 Å². The van der Waals surface area contributed by atoms with Crippen LogP contribution in [-0.2, 0) is 18.5 Å². The van der Waals surface area contributed by atoms with Crippen LogP contribution in [-0.4, -0.2) is 16.0 Å². The van der Waals surface area contributed by atoms with Crippen LogP contribution in [0.3, 0.4) is 0 Å². The first-order valence-corrected chi connectivity index (χ1v) is 11.1. The van der Waals surface area contributed by atoms with Crippen molar-refractivity contribution in [2.45, 2.75) is 16.5 Å². The van der Waals surface area contributed by atoms with Crippen LogP contribution >= 0.6 is 35.0 Å². The highest BCUT2D eigenvalue weighted by Gasteiger charge is 2.17. The Balaban J connectivity index is 1.63. The first-order chi connectivity index (χ1) is 15.1. The van der Waals surface area contributed by atoms with Gasteiger partial charge in [-0.05, 0) is 18.2 Å². The van der Waals surface area contributed by atoms with Crippen molar-refractivity contribution in [3.05, 3.63) is 100 Å². The topological polar surface area (TPSA) is 39.4 Å². The molecule has 4 nitrogen and oxygen atoms in total. The maximum Gasteiger partial charge on any atom is 0.143 e. The second-order valence-corrected chi connectivity index (χ2v) is 8.54. The summed E-state index contributed by atoms with van der Waals surface area (Å²) < 4.78 is 1.87. The van der Waals surface area contributed by atoms with Crippen molar-refractivity contribution >= 4 is 41.2 Å². The second kappa shape index (κ2) is 10.1. The van der Waals surface area contributed by atoms with E-state index in [0.29, 0.717) is 10.0 Å². The van der Waals surface area contributed by atoms with E-state index in [2.05, 4.69) is 17.3 Å². The Morgan fingerprint density at radius 2 is 1.68 bits per heavy atom. The highest BCUT2D eigenvalue weighted by Crippen LogP contribution is 2.34. The van der Waals surface area contributed by atoms with Gasteiger partial charge in [0.25, 0.3) is 0 Å². The molecular weight excluding hydrogens is 449 g/mol. The third-order valence-corrected chi connectivity index (χ3v) is 6.59. The van der Waals surface area contributed by atoms with Gasteiger partial charge in [-0.1, -0.05) is 101 Å². The van der Waals surface area contributed by atoms with E-state index < -0.39 is 0 Å². The summed E-state index contributed by atoms with van der Waals surface area (Å²) in [5, 5.41) is 10.9. The molecule has 1 aromatic heterocycles. The quantitative estimate of drug-likeness (QED) is 0.215. The number of rotatable bonds is 7. The number of benzene rings is 3. The van der Waals surface area contributed by atoms with Gasteiger partial charge in [-0.2, -0.15) is 5.10 Å². The van der Waals surface area contributed by atoms with E-state index in [1.807, 2.05) is 72.4 Å². The third kappa shape index (κ3) is 5.13. The summed E-state index contributed by atoms with van der Waals surface area (Å²) >= 11 is 13.9. The first-order valence-electron chi connectivity index (χ1n) is 9.57. The lowest BCUT2D eigenvalue weighted by Crippen LogP contribution is -1.94. The lowest BCUT2D eigenvalue weighted by atomic mass is 10.1. The normalized spacial score (nSPS) is 11.2. The van der Waals surface area contributed by atoms with E-state index in [4.69, 9.17) is 33.1 Å². The SMILES string of the molecule is Cn1nc(-c2ccccc2)c(C=NOCc2cccc(Cl)c2Cl)c1Sc1ccccc1. The summed E-state index contributed by atoms with van der Waals surface area (Å²) in [7, 11) is 1.93. The Hall–Kier alpha value is -2.73. The smallest absolute Gasteiger partial charge is 0.143 e. The summed E-state index contributed by atoms with van der Waals surface area (Å²) in [4.78, 5) is 6.66. The van der Waals surface area contributed by atoms with Crippen LogP contribution in [0.1, 0.15) is 11.1 Å². The van der Waals surface area contributed by atoms with Crippen LogP contribution in [0.25, 0.3) is 11.3 Å². The Kier molecular flexibility index (Phi) is 6.97. The van der Waals surface area contributed by atoms with Crippen molar-refractivity contribution in [1.82, 2.24) is 9.78 Å². The van der Waals surface area contributed by atoms with Crippen LogP contribution in [0.2, 0.25) is 10.0 Å². The summed E-state index contributed by atoms with van der Waals surface area (Å²) in [6.45, 7) is 0.220. The average Bonchev–Trinajstić information content (AvgIpc) is 3.10. The molecule has 0 radical (unpaired) electrons. The van der Waals surface area contributed by atoms with Crippen molar-refractivity contribution in [2.75, 3.05) is 0 Å². The zero-order valence-corrected chi connectivity index (χ0v) is 19.0. The fourth-order valence-corrected chi connectivity index (χ4v) is 4.35. The Labute approximate surface area is 195 Å². The van der Waals surface area contributed by atoms with Crippen molar-refractivity contribution in [2.24, 2.45) is 12.2 Å². The second-order valence-electron chi connectivity index (χ2n) is 6.69. The zero-order chi connectivity index (χ0) is 21.6. The molecule has 4 aromatic rings. The Morgan fingerprint density at radius 3 is 2.42 bits per heavy atom. The molecule has 7 heteroatoms. The zero-order valence-electron chi connectivity index (χ0n) is 16.7. The number of aryl methyl sites for hydroxylation is 1. The Morgan fingerprint density at radius 1 is 0.968 bits per heavy atom. The number of halogens is 2. The minimum Gasteiger partial charge on any atom is -0.391 e. The first kappa shape index (κ1) is 21.5. The molecule has 156 valence electrons. The molecule has 0 amide bonds. The fraction of sp³-hybridized carbons (Fsp3) is 0.0833. The van der Waals surface area contributed by atoms with Gasteiger partial charge in [0.2, 0.25) is 0 Å². The van der Waals surface area contributed by atoms with E-state index in [-0.39, 0.29) is 6.61 Å². The standard InChI is InChI=1S/C24H19Cl2N3OS/c1-29-24(31-19-12-6-3-7-13-19)20(23(28-29)17-9-4-2-5-10-17)15-27-30-16-18-11-8-14-21(25)22(18)26/h2-15H,16H2,1H3. The van der Waals surface area contributed by atoms with Gasteiger partial charge in [0.1, 0.15) is 17.3 Å². The fourth-order valence-electron chi connectivity index (χ4n) is 3.03.